The molecule has 4 aromatic heterocycles. The Labute approximate surface area is 293 Å². The molecule has 8 aromatic rings. The van der Waals surface area contributed by atoms with Crippen LogP contribution in [0.25, 0.3) is 11.1 Å². The summed E-state index contributed by atoms with van der Waals surface area (Å²) in [4.78, 5) is 29.4. The molecular weight excluding hydrogens is 617 g/mol. The number of rotatable bonds is 4. The number of hydrogen-bond donors (Lipinski definition) is 0. The second-order valence-electron chi connectivity index (χ2n) is 9.83. The van der Waals surface area contributed by atoms with E-state index in [0.29, 0.717) is 0 Å². The number of hydrogen-bond acceptors (Lipinski definition) is 8. The first-order valence-electron chi connectivity index (χ1n) is 15.7. The Kier molecular flexibility index (Phi) is 16.7. The molecule has 50 heavy (non-hydrogen) atoms. The minimum Gasteiger partial charge on any atom is -0.245 e. The van der Waals surface area contributed by atoms with Gasteiger partial charge in [-0.3, -0.25) is 0 Å². The average Bonchev–Trinajstić information content (AvgIpc) is 3.25. The van der Waals surface area contributed by atoms with Crippen LogP contribution in [0.4, 0.5) is 0 Å². The molecule has 0 N–H and O–H groups in total. The van der Waals surface area contributed by atoms with E-state index in [1.165, 1.54) is 58.7 Å². The number of benzene rings is 4. The second-order valence-corrected chi connectivity index (χ2v) is 9.83. The minimum atomic E-state index is 1.22. The van der Waals surface area contributed by atoms with Gasteiger partial charge in [0.25, 0.3) is 0 Å². The maximum Gasteiger partial charge on any atom is 0.115 e. The third-order valence-electron chi connectivity index (χ3n) is 6.41. The van der Waals surface area contributed by atoms with E-state index in [0.717, 1.165) is 0 Å². The van der Waals surface area contributed by atoms with Crippen LogP contribution in [0.2, 0.25) is 0 Å². The van der Waals surface area contributed by atoms with Crippen molar-refractivity contribution in [3.63, 3.8) is 0 Å². The van der Waals surface area contributed by atoms with Gasteiger partial charge in [0.2, 0.25) is 0 Å². The zero-order valence-electron chi connectivity index (χ0n) is 27.4. The van der Waals surface area contributed by atoms with Crippen LogP contribution in [0.1, 0.15) is 22.3 Å². The van der Waals surface area contributed by atoms with Gasteiger partial charge in [0.05, 0.1) is 0 Å². The topological polar surface area (TPSA) is 103 Å². The molecule has 4 heterocycles. The van der Waals surface area contributed by atoms with Gasteiger partial charge in [0, 0.05) is 49.6 Å². The van der Waals surface area contributed by atoms with Crippen molar-refractivity contribution in [3.8, 4) is 0 Å². The van der Waals surface area contributed by atoms with Crippen LogP contribution in [0.3, 0.4) is 0 Å². The van der Waals surface area contributed by atoms with Gasteiger partial charge in [0.1, 0.15) is 25.3 Å². The molecule has 0 radical (unpaired) electrons. The summed E-state index contributed by atoms with van der Waals surface area (Å²) in [6.07, 6.45) is 19.5. The Hall–Kier alpha value is -7.06. The van der Waals surface area contributed by atoms with Crippen LogP contribution in [-0.2, 0) is 0 Å². The second kappa shape index (κ2) is 23.3. The third kappa shape index (κ3) is 13.7. The van der Waals surface area contributed by atoms with E-state index in [1.807, 2.05) is 0 Å². The molecular formula is C42H36N8. The molecule has 0 bridgehead atoms. The van der Waals surface area contributed by atoms with Crippen LogP contribution in [0.5, 0.6) is 0 Å². The lowest BCUT2D eigenvalue weighted by Crippen LogP contribution is -1.97. The fraction of sp³-hybridized carbons (Fsp3) is 0. The molecule has 0 aliphatic carbocycles. The van der Waals surface area contributed by atoms with Crippen LogP contribution >= 0.6 is 0 Å². The van der Waals surface area contributed by atoms with Gasteiger partial charge in [-0.25, -0.2) is 39.9 Å². The quantitative estimate of drug-likeness (QED) is 0.174. The van der Waals surface area contributed by atoms with Crippen molar-refractivity contribution < 1.29 is 0 Å². The van der Waals surface area contributed by atoms with E-state index in [4.69, 9.17) is 0 Å². The summed E-state index contributed by atoms with van der Waals surface area (Å²) < 4.78 is 0. The van der Waals surface area contributed by atoms with Gasteiger partial charge in [-0.15, -0.1) is 0 Å². The smallest absolute Gasteiger partial charge is 0.115 e. The summed E-state index contributed by atoms with van der Waals surface area (Å²) in [5.74, 6) is 0. The standard InChI is InChI=1S/C26H20.4C4H4N2/c1-5-13-21(14-6-1)25(22-15-7-2-8-16-22)26(23-17-9-3-10-18-23)24-19-11-4-12-20-24;4*1-2-5-4-6-3-1/h1-20H;4*1-4H. The first kappa shape index (κ1) is 35.8. The van der Waals surface area contributed by atoms with Crippen molar-refractivity contribution in [1.82, 2.24) is 39.9 Å². The first-order valence-corrected chi connectivity index (χ1v) is 15.7. The Balaban J connectivity index is 0.000000186. The molecule has 0 saturated carbocycles. The van der Waals surface area contributed by atoms with Gasteiger partial charge >= 0.3 is 0 Å². The lowest BCUT2D eigenvalue weighted by atomic mass is 9.86. The highest BCUT2D eigenvalue weighted by Crippen LogP contribution is 2.36. The molecule has 8 rings (SSSR count). The Morgan fingerprint density at radius 3 is 0.520 bits per heavy atom. The summed E-state index contributed by atoms with van der Waals surface area (Å²) in [7, 11) is 0. The highest BCUT2D eigenvalue weighted by atomic mass is 14.8. The molecule has 0 fully saturated rings. The summed E-state index contributed by atoms with van der Waals surface area (Å²) >= 11 is 0. The minimum absolute atomic E-state index is 1.22. The molecule has 244 valence electrons. The fourth-order valence-corrected chi connectivity index (χ4v) is 4.34. The van der Waals surface area contributed by atoms with Crippen molar-refractivity contribution in [2.24, 2.45) is 0 Å². The molecule has 0 aliphatic heterocycles. The molecule has 4 aromatic carbocycles. The van der Waals surface area contributed by atoms with Crippen molar-refractivity contribution in [1.29, 1.82) is 0 Å². The van der Waals surface area contributed by atoms with Gasteiger partial charge in [-0.05, 0) is 57.7 Å². The maximum absolute atomic E-state index is 3.67. The van der Waals surface area contributed by atoms with E-state index in [9.17, 15) is 0 Å². The van der Waals surface area contributed by atoms with Crippen molar-refractivity contribution >= 4 is 11.1 Å². The summed E-state index contributed by atoms with van der Waals surface area (Å²) in [5.41, 5.74) is 7.40. The molecule has 0 aliphatic rings. The van der Waals surface area contributed by atoms with E-state index < -0.39 is 0 Å². The van der Waals surface area contributed by atoms with E-state index in [-0.39, 0.29) is 0 Å². The Bertz CT molecular complexity index is 1550. The predicted octanol–water partition coefficient (Wildman–Crippen LogP) is 8.60. The highest BCUT2D eigenvalue weighted by Gasteiger charge is 2.15. The van der Waals surface area contributed by atoms with E-state index in [2.05, 4.69) is 161 Å². The average molecular weight is 653 g/mol. The molecule has 0 unspecified atom stereocenters. The largest absolute Gasteiger partial charge is 0.245 e. The lowest BCUT2D eigenvalue weighted by Gasteiger charge is -2.18. The Morgan fingerprint density at radius 2 is 0.400 bits per heavy atom. The van der Waals surface area contributed by atoms with Crippen LogP contribution in [-0.4, -0.2) is 39.9 Å². The van der Waals surface area contributed by atoms with Gasteiger partial charge < -0.3 is 0 Å². The van der Waals surface area contributed by atoms with Crippen molar-refractivity contribution in [2.75, 3.05) is 0 Å². The highest BCUT2D eigenvalue weighted by molar-refractivity contribution is 6.04. The summed E-state index contributed by atoms with van der Waals surface area (Å²) in [6.45, 7) is 0. The van der Waals surface area contributed by atoms with Crippen molar-refractivity contribution in [3.05, 3.63) is 243 Å². The van der Waals surface area contributed by atoms with Crippen LogP contribution < -0.4 is 0 Å². The third-order valence-corrected chi connectivity index (χ3v) is 6.41. The molecule has 0 atom stereocenters. The summed E-state index contributed by atoms with van der Waals surface area (Å²) in [6, 6.07) is 49.7. The van der Waals surface area contributed by atoms with Gasteiger partial charge in [0.15, 0.2) is 0 Å². The Morgan fingerprint density at radius 1 is 0.220 bits per heavy atom. The normalized spacial score (nSPS) is 9.20. The van der Waals surface area contributed by atoms with Crippen LogP contribution in [0, 0.1) is 0 Å². The monoisotopic (exact) mass is 652 g/mol. The molecule has 8 nitrogen and oxygen atoms in total. The van der Waals surface area contributed by atoms with Gasteiger partial charge in [-0.1, -0.05) is 121 Å². The van der Waals surface area contributed by atoms with E-state index in [1.54, 1.807) is 73.8 Å². The zero-order valence-corrected chi connectivity index (χ0v) is 27.4. The summed E-state index contributed by atoms with van der Waals surface area (Å²) in [5, 5.41) is 0. The zero-order chi connectivity index (χ0) is 34.6. The SMILES string of the molecule is c1ccc(C(=C(c2ccccc2)c2ccccc2)c2ccccc2)cc1.c1cncnc1.c1cncnc1.c1cncnc1.c1cncnc1. The van der Waals surface area contributed by atoms with Crippen LogP contribution in [0.15, 0.2) is 220 Å². The first-order chi connectivity index (χ1) is 24.9. The lowest BCUT2D eigenvalue weighted by molar-refractivity contribution is 1.17. The number of aromatic nitrogens is 8. The molecule has 0 spiro atoms. The molecule has 8 heteroatoms. The molecule has 0 saturated heterocycles. The predicted molar refractivity (Wildman–Crippen MR) is 199 cm³/mol. The number of nitrogens with zero attached hydrogens (tertiary/aromatic N) is 8. The molecule has 0 amide bonds. The van der Waals surface area contributed by atoms with E-state index >= 15 is 0 Å². The maximum atomic E-state index is 3.67. The fourth-order valence-electron chi connectivity index (χ4n) is 4.34. The van der Waals surface area contributed by atoms with Gasteiger partial charge in [-0.2, -0.15) is 0 Å². The van der Waals surface area contributed by atoms with Crippen molar-refractivity contribution in [2.45, 2.75) is 0 Å².